The van der Waals surface area contributed by atoms with Gasteiger partial charge in [-0.1, -0.05) is 0 Å². The summed E-state index contributed by atoms with van der Waals surface area (Å²) in [6.45, 7) is 2.29. The molecule has 1 aliphatic heterocycles. The van der Waals surface area contributed by atoms with Gasteiger partial charge in [-0.15, -0.1) is 0 Å². The molecule has 106 valence electrons. The summed E-state index contributed by atoms with van der Waals surface area (Å²) < 4.78 is 23.8. The number of rotatable bonds is 2. The molecule has 0 amide bonds. The molecule has 1 aliphatic rings. The number of hydrogen-bond donors (Lipinski definition) is 1. The van der Waals surface area contributed by atoms with E-state index in [1.807, 2.05) is 0 Å². The van der Waals surface area contributed by atoms with Gasteiger partial charge in [0.25, 0.3) is 0 Å². The van der Waals surface area contributed by atoms with Crippen LogP contribution in [0.2, 0.25) is 5.28 Å². The van der Waals surface area contributed by atoms with Crippen LogP contribution in [0.1, 0.15) is 5.69 Å². The van der Waals surface area contributed by atoms with Gasteiger partial charge < -0.3 is 10.6 Å². The number of sulfone groups is 1. The minimum Gasteiger partial charge on any atom is -0.394 e. The Morgan fingerprint density at radius 1 is 1.47 bits per heavy atom. The molecule has 1 atom stereocenters. The van der Waals surface area contributed by atoms with E-state index in [0.717, 1.165) is 5.75 Å². The number of hydrogen-bond acceptors (Lipinski definition) is 7. The molecular weight excluding hydrogens is 308 g/mol. The molecule has 0 bridgehead atoms. The third-order valence-electron chi connectivity index (χ3n) is 2.94. The van der Waals surface area contributed by atoms with Crippen LogP contribution in [-0.2, 0) is 9.84 Å². The van der Waals surface area contributed by atoms with Gasteiger partial charge in [0.1, 0.15) is 5.37 Å². The van der Waals surface area contributed by atoms with Crippen molar-refractivity contribution in [2.45, 2.75) is 12.3 Å². The lowest BCUT2D eigenvalue weighted by Gasteiger charge is -2.35. The standard InChI is InChI=1S/C10H15ClN4O2S2/c1-6-8(12)9(14-10(11)13-6)15-3-4-18-5-7(15)19(2,16)17/h7H,3-5,12H2,1-2H3. The number of nitrogens with two attached hydrogens (primary N) is 1. The number of thioether (sulfide) groups is 1. The van der Waals surface area contributed by atoms with E-state index < -0.39 is 15.2 Å². The van der Waals surface area contributed by atoms with Crippen molar-refractivity contribution in [2.24, 2.45) is 0 Å². The fraction of sp³-hybridized carbons (Fsp3) is 0.600. The van der Waals surface area contributed by atoms with E-state index in [2.05, 4.69) is 9.97 Å². The average molecular weight is 323 g/mol. The maximum Gasteiger partial charge on any atom is 0.224 e. The monoisotopic (exact) mass is 322 g/mol. The van der Waals surface area contributed by atoms with Crippen LogP contribution in [0.25, 0.3) is 0 Å². The van der Waals surface area contributed by atoms with Gasteiger partial charge in [-0.25, -0.2) is 13.4 Å². The van der Waals surface area contributed by atoms with E-state index in [4.69, 9.17) is 17.3 Å². The largest absolute Gasteiger partial charge is 0.394 e. The highest BCUT2D eigenvalue weighted by atomic mass is 35.5. The van der Waals surface area contributed by atoms with E-state index in [1.165, 1.54) is 6.26 Å². The van der Waals surface area contributed by atoms with Gasteiger partial charge in [0.05, 0.1) is 11.4 Å². The quantitative estimate of drug-likeness (QED) is 0.810. The Bertz CT molecular complexity index is 593. The molecule has 0 spiro atoms. The van der Waals surface area contributed by atoms with Gasteiger partial charge in [-0.2, -0.15) is 16.7 Å². The molecule has 2 rings (SSSR count). The summed E-state index contributed by atoms with van der Waals surface area (Å²) in [5.41, 5.74) is 6.90. The third-order valence-corrected chi connectivity index (χ3v) is 5.75. The fourth-order valence-electron chi connectivity index (χ4n) is 1.93. The zero-order valence-corrected chi connectivity index (χ0v) is 13.0. The fourth-order valence-corrected chi connectivity index (χ4v) is 4.96. The van der Waals surface area contributed by atoms with Crippen LogP contribution in [-0.4, -0.2) is 48.1 Å². The lowest BCUT2D eigenvalue weighted by molar-refractivity contribution is 0.583. The van der Waals surface area contributed by atoms with Crippen molar-refractivity contribution < 1.29 is 8.42 Å². The summed E-state index contributed by atoms with van der Waals surface area (Å²) in [4.78, 5) is 9.78. The number of aromatic nitrogens is 2. The first-order valence-electron chi connectivity index (χ1n) is 5.63. The molecule has 9 heteroatoms. The molecule has 0 saturated carbocycles. The Morgan fingerprint density at radius 2 is 2.16 bits per heavy atom. The zero-order valence-electron chi connectivity index (χ0n) is 10.6. The predicted molar refractivity (Wildman–Crippen MR) is 79.5 cm³/mol. The minimum absolute atomic E-state index is 0.0761. The number of anilines is 2. The Balaban J connectivity index is 2.49. The molecule has 0 aliphatic carbocycles. The van der Waals surface area contributed by atoms with Crippen LogP contribution in [0.5, 0.6) is 0 Å². The van der Waals surface area contributed by atoms with Crippen LogP contribution in [0.3, 0.4) is 0 Å². The average Bonchev–Trinajstić information content (AvgIpc) is 2.33. The predicted octanol–water partition coefficient (Wildman–Crippen LogP) is 0.945. The first-order valence-corrected chi connectivity index (χ1v) is 9.12. The second-order valence-electron chi connectivity index (χ2n) is 4.37. The van der Waals surface area contributed by atoms with Gasteiger partial charge in [0.2, 0.25) is 5.28 Å². The molecule has 1 aromatic heterocycles. The van der Waals surface area contributed by atoms with Crippen LogP contribution < -0.4 is 10.6 Å². The molecular formula is C10H15ClN4O2S2. The van der Waals surface area contributed by atoms with E-state index in [-0.39, 0.29) is 5.28 Å². The van der Waals surface area contributed by atoms with Gasteiger partial charge in [-0.3, -0.25) is 0 Å². The summed E-state index contributed by atoms with van der Waals surface area (Å²) in [5.74, 6) is 1.73. The number of nitrogens with zero attached hydrogens (tertiary/aromatic N) is 3. The summed E-state index contributed by atoms with van der Waals surface area (Å²) in [6.07, 6.45) is 1.22. The van der Waals surface area contributed by atoms with Crippen molar-refractivity contribution in [1.29, 1.82) is 0 Å². The summed E-state index contributed by atoms with van der Waals surface area (Å²) >= 11 is 7.45. The molecule has 1 unspecified atom stereocenters. The van der Waals surface area contributed by atoms with Crippen molar-refractivity contribution in [3.63, 3.8) is 0 Å². The van der Waals surface area contributed by atoms with E-state index >= 15 is 0 Å². The number of nitrogen functional groups attached to an aromatic ring is 1. The van der Waals surface area contributed by atoms with Crippen LogP contribution in [0, 0.1) is 6.92 Å². The maximum atomic E-state index is 11.9. The lowest BCUT2D eigenvalue weighted by atomic mass is 10.3. The Morgan fingerprint density at radius 3 is 2.79 bits per heavy atom. The van der Waals surface area contributed by atoms with Crippen molar-refractivity contribution in [2.75, 3.05) is 34.9 Å². The van der Waals surface area contributed by atoms with Crippen LogP contribution >= 0.6 is 23.4 Å². The van der Waals surface area contributed by atoms with Gasteiger partial charge in [-0.05, 0) is 18.5 Å². The van der Waals surface area contributed by atoms with Crippen molar-refractivity contribution in [3.05, 3.63) is 11.0 Å². The first-order chi connectivity index (χ1) is 8.80. The Hall–Kier alpha value is -0.730. The summed E-state index contributed by atoms with van der Waals surface area (Å²) in [6, 6.07) is 0. The third kappa shape index (κ3) is 3.06. The first kappa shape index (κ1) is 14.7. The smallest absolute Gasteiger partial charge is 0.224 e. The molecule has 19 heavy (non-hydrogen) atoms. The van der Waals surface area contributed by atoms with Gasteiger partial charge >= 0.3 is 0 Å². The van der Waals surface area contributed by atoms with Crippen molar-refractivity contribution >= 4 is 44.7 Å². The second kappa shape index (κ2) is 5.34. The van der Waals surface area contributed by atoms with Gasteiger partial charge in [0.15, 0.2) is 15.7 Å². The lowest BCUT2D eigenvalue weighted by Crippen LogP contribution is -2.47. The minimum atomic E-state index is -3.22. The highest BCUT2D eigenvalue weighted by Gasteiger charge is 2.33. The molecule has 6 nitrogen and oxygen atoms in total. The molecule has 0 radical (unpaired) electrons. The Kier molecular flexibility index (Phi) is 4.12. The van der Waals surface area contributed by atoms with Crippen LogP contribution in [0.4, 0.5) is 11.5 Å². The molecule has 1 saturated heterocycles. The van der Waals surface area contributed by atoms with E-state index in [1.54, 1.807) is 23.6 Å². The van der Waals surface area contributed by atoms with E-state index in [0.29, 0.717) is 29.5 Å². The zero-order chi connectivity index (χ0) is 14.2. The van der Waals surface area contributed by atoms with E-state index in [9.17, 15) is 8.42 Å². The number of halogens is 1. The molecule has 2 heterocycles. The highest BCUT2D eigenvalue weighted by molar-refractivity contribution is 8.01. The summed E-state index contributed by atoms with van der Waals surface area (Å²) in [5, 5.41) is -0.550. The van der Waals surface area contributed by atoms with Crippen molar-refractivity contribution in [3.8, 4) is 0 Å². The summed E-state index contributed by atoms with van der Waals surface area (Å²) in [7, 11) is -3.22. The number of aryl methyl sites for hydroxylation is 1. The highest BCUT2D eigenvalue weighted by Crippen LogP contribution is 2.31. The molecule has 1 fully saturated rings. The molecule has 1 aromatic rings. The maximum absolute atomic E-state index is 11.9. The van der Waals surface area contributed by atoms with Crippen molar-refractivity contribution in [1.82, 2.24) is 9.97 Å². The van der Waals surface area contributed by atoms with Crippen LogP contribution in [0.15, 0.2) is 0 Å². The normalized spacial score (nSPS) is 20.6. The topological polar surface area (TPSA) is 89.2 Å². The SMILES string of the molecule is Cc1nc(Cl)nc(N2CCSCC2S(C)(=O)=O)c1N. The Labute approximate surface area is 121 Å². The second-order valence-corrected chi connectivity index (χ2v) is 8.06. The molecule has 2 N–H and O–H groups in total. The molecule has 0 aromatic carbocycles. The van der Waals surface area contributed by atoms with Gasteiger partial charge in [0, 0.05) is 24.3 Å².